The van der Waals surface area contributed by atoms with Crippen LogP contribution in [0.3, 0.4) is 0 Å². The van der Waals surface area contributed by atoms with Gasteiger partial charge in [0.15, 0.2) is 0 Å². The molecule has 0 bridgehead atoms. The fourth-order valence-corrected chi connectivity index (χ4v) is 2.65. The summed E-state index contributed by atoms with van der Waals surface area (Å²) < 4.78 is 44.7. The van der Waals surface area contributed by atoms with Crippen molar-refractivity contribution in [2.75, 3.05) is 12.8 Å². The maximum atomic E-state index is 13.1. The first kappa shape index (κ1) is 15.6. The molecule has 0 unspecified atom stereocenters. The molecule has 0 atom stereocenters. The fourth-order valence-electron chi connectivity index (χ4n) is 1.60. The van der Waals surface area contributed by atoms with Gasteiger partial charge in [-0.05, 0) is 37.4 Å². The van der Waals surface area contributed by atoms with Crippen LogP contribution >= 0.6 is 11.6 Å². The minimum atomic E-state index is -3.75. The highest BCUT2D eigenvalue weighted by molar-refractivity contribution is 7.89. The molecule has 2 aromatic rings. The Kier molecular flexibility index (Phi) is 4.36. The van der Waals surface area contributed by atoms with Crippen LogP contribution in [0.2, 0.25) is 5.02 Å². The number of nitrogens with two attached hydrogens (primary N) is 1. The summed E-state index contributed by atoms with van der Waals surface area (Å²) in [4.78, 5) is -0.120. The second-order valence-corrected chi connectivity index (χ2v) is 6.35. The summed E-state index contributed by atoms with van der Waals surface area (Å²) in [5.41, 5.74) is 5.87. The summed E-state index contributed by atoms with van der Waals surface area (Å²) in [6.45, 7) is 0. The number of halogens is 2. The number of sulfonamides is 1. The molecule has 0 saturated carbocycles. The first-order valence-electron chi connectivity index (χ1n) is 5.79. The lowest BCUT2D eigenvalue weighted by Crippen LogP contribution is -2.19. The van der Waals surface area contributed by atoms with Gasteiger partial charge in [-0.1, -0.05) is 11.6 Å². The Hall–Kier alpha value is -1.83. The zero-order valence-corrected chi connectivity index (χ0v) is 12.5. The molecule has 2 rings (SSSR count). The van der Waals surface area contributed by atoms with Crippen LogP contribution in [0, 0.1) is 5.82 Å². The molecule has 2 aromatic carbocycles. The van der Waals surface area contributed by atoms with E-state index in [9.17, 15) is 12.8 Å². The van der Waals surface area contributed by atoms with Crippen molar-refractivity contribution in [2.45, 2.75) is 4.90 Å². The van der Waals surface area contributed by atoms with Gasteiger partial charge in [0, 0.05) is 11.8 Å². The summed E-state index contributed by atoms with van der Waals surface area (Å²) in [6, 6.07) is 7.90. The molecule has 0 aliphatic heterocycles. The predicted molar refractivity (Wildman–Crippen MR) is 78.6 cm³/mol. The number of rotatable bonds is 4. The molecule has 0 spiro atoms. The molecule has 0 aliphatic carbocycles. The van der Waals surface area contributed by atoms with Gasteiger partial charge in [-0.2, -0.15) is 0 Å². The van der Waals surface area contributed by atoms with Gasteiger partial charge in [-0.3, -0.25) is 0 Å². The Morgan fingerprint density at radius 2 is 1.95 bits per heavy atom. The molecule has 5 nitrogen and oxygen atoms in total. The Balaban J connectivity index is 2.47. The lowest BCUT2D eigenvalue weighted by Gasteiger charge is -2.12. The molecular weight excluding hydrogens is 319 g/mol. The Labute approximate surface area is 126 Å². The van der Waals surface area contributed by atoms with E-state index in [0.29, 0.717) is 0 Å². The molecule has 0 fully saturated rings. The number of nitrogen functional groups attached to an aromatic ring is 1. The summed E-state index contributed by atoms with van der Waals surface area (Å²) in [6.07, 6.45) is 0. The van der Waals surface area contributed by atoms with Crippen molar-refractivity contribution < 1.29 is 17.5 Å². The average molecular weight is 331 g/mol. The molecule has 0 aliphatic rings. The zero-order valence-electron chi connectivity index (χ0n) is 10.9. The van der Waals surface area contributed by atoms with Crippen LogP contribution in [0.25, 0.3) is 0 Å². The second-order valence-electron chi connectivity index (χ2n) is 4.09. The normalized spacial score (nSPS) is 11.4. The highest BCUT2D eigenvalue weighted by atomic mass is 35.5. The predicted octanol–water partition coefficient (Wildman–Crippen LogP) is 2.76. The molecule has 0 amide bonds. The summed E-state index contributed by atoms with van der Waals surface area (Å²) >= 11 is 5.66. The van der Waals surface area contributed by atoms with Gasteiger partial charge in [0.05, 0.1) is 5.02 Å². The summed E-state index contributed by atoms with van der Waals surface area (Å²) in [7, 11) is -2.48. The third kappa shape index (κ3) is 3.44. The molecule has 8 heteroatoms. The molecule has 3 N–H and O–H groups in total. The van der Waals surface area contributed by atoms with Crippen molar-refractivity contribution >= 4 is 27.3 Å². The van der Waals surface area contributed by atoms with Crippen LogP contribution in [0.4, 0.5) is 10.1 Å². The first-order valence-corrected chi connectivity index (χ1v) is 7.65. The Bertz CT molecular complexity index is 781. The second kappa shape index (κ2) is 5.88. The minimum Gasteiger partial charge on any atom is -0.456 e. The highest BCUT2D eigenvalue weighted by Gasteiger charge is 2.19. The van der Waals surface area contributed by atoms with E-state index in [2.05, 4.69) is 4.72 Å². The van der Waals surface area contributed by atoms with Crippen LogP contribution in [0.5, 0.6) is 11.5 Å². The number of hydrogen-bond acceptors (Lipinski definition) is 4. The molecule has 112 valence electrons. The van der Waals surface area contributed by atoms with Gasteiger partial charge < -0.3 is 10.5 Å². The maximum Gasteiger partial charge on any atom is 0.244 e. The molecule has 0 aromatic heterocycles. The number of ether oxygens (including phenoxy) is 1. The van der Waals surface area contributed by atoms with E-state index in [-0.39, 0.29) is 27.1 Å². The number of nitrogens with one attached hydrogen (secondary N) is 1. The lowest BCUT2D eigenvalue weighted by molar-refractivity contribution is 0.465. The van der Waals surface area contributed by atoms with E-state index in [0.717, 1.165) is 6.07 Å². The molecular formula is C13H12ClFN2O3S. The van der Waals surface area contributed by atoms with E-state index in [1.165, 1.54) is 37.4 Å². The van der Waals surface area contributed by atoms with Crippen molar-refractivity contribution in [3.05, 3.63) is 47.2 Å². The summed E-state index contributed by atoms with van der Waals surface area (Å²) in [5, 5.41) is -0.124. The number of benzene rings is 2. The van der Waals surface area contributed by atoms with E-state index >= 15 is 0 Å². The van der Waals surface area contributed by atoms with Gasteiger partial charge in [-0.25, -0.2) is 17.5 Å². The lowest BCUT2D eigenvalue weighted by atomic mass is 10.3. The van der Waals surface area contributed by atoms with Crippen LogP contribution in [-0.2, 0) is 10.0 Å². The van der Waals surface area contributed by atoms with Gasteiger partial charge in [0.25, 0.3) is 0 Å². The molecule has 0 heterocycles. The van der Waals surface area contributed by atoms with Gasteiger partial charge in [0.2, 0.25) is 10.0 Å². The van der Waals surface area contributed by atoms with Crippen molar-refractivity contribution in [1.29, 1.82) is 0 Å². The van der Waals surface area contributed by atoms with Crippen LogP contribution < -0.4 is 15.2 Å². The number of anilines is 1. The smallest absolute Gasteiger partial charge is 0.244 e. The highest BCUT2D eigenvalue weighted by Crippen LogP contribution is 2.32. The monoisotopic (exact) mass is 330 g/mol. The minimum absolute atomic E-state index is 0.0567. The number of hydrogen-bond donors (Lipinski definition) is 2. The third-order valence-corrected chi connectivity index (χ3v) is 4.37. The molecule has 21 heavy (non-hydrogen) atoms. The van der Waals surface area contributed by atoms with Crippen molar-refractivity contribution in [3.63, 3.8) is 0 Å². The van der Waals surface area contributed by atoms with E-state index in [1.807, 2.05) is 0 Å². The summed E-state index contributed by atoms with van der Waals surface area (Å²) in [5.74, 6) is -0.329. The maximum absolute atomic E-state index is 13.1. The largest absolute Gasteiger partial charge is 0.456 e. The SMILES string of the molecule is CNS(=O)(=O)c1cc(N)ccc1Oc1ccc(F)c(Cl)c1. The molecule has 0 saturated heterocycles. The Morgan fingerprint density at radius 3 is 2.57 bits per heavy atom. The van der Waals surface area contributed by atoms with Crippen LogP contribution in [0.15, 0.2) is 41.3 Å². The first-order chi connectivity index (χ1) is 9.83. The van der Waals surface area contributed by atoms with Gasteiger partial charge >= 0.3 is 0 Å². The van der Waals surface area contributed by atoms with E-state index in [4.69, 9.17) is 22.1 Å². The average Bonchev–Trinajstić information content (AvgIpc) is 2.44. The van der Waals surface area contributed by atoms with Gasteiger partial charge in [0.1, 0.15) is 22.2 Å². The van der Waals surface area contributed by atoms with Crippen LogP contribution in [-0.4, -0.2) is 15.5 Å². The van der Waals surface area contributed by atoms with Crippen molar-refractivity contribution in [2.24, 2.45) is 0 Å². The van der Waals surface area contributed by atoms with Crippen LogP contribution in [0.1, 0.15) is 0 Å². The van der Waals surface area contributed by atoms with E-state index in [1.54, 1.807) is 0 Å². The third-order valence-electron chi connectivity index (χ3n) is 2.64. The Morgan fingerprint density at radius 1 is 1.24 bits per heavy atom. The molecule has 0 radical (unpaired) electrons. The van der Waals surface area contributed by atoms with Gasteiger partial charge in [-0.15, -0.1) is 0 Å². The van der Waals surface area contributed by atoms with E-state index < -0.39 is 15.8 Å². The topological polar surface area (TPSA) is 81.4 Å². The zero-order chi connectivity index (χ0) is 15.6. The van der Waals surface area contributed by atoms with Crippen molar-refractivity contribution in [1.82, 2.24) is 4.72 Å². The van der Waals surface area contributed by atoms with Crippen molar-refractivity contribution in [3.8, 4) is 11.5 Å². The standard InChI is InChI=1S/C13H12ClFN2O3S/c1-17-21(18,19)13-6-8(16)2-5-12(13)20-9-3-4-11(15)10(14)7-9/h2-7,17H,16H2,1H3. The quantitative estimate of drug-likeness (QED) is 0.845. The fraction of sp³-hybridized carbons (Fsp3) is 0.0769.